The van der Waals surface area contributed by atoms with Crippen molar-refractivity contribution < 1.29 is 9.53 Å². The van der Waals surface area contributed by atoms with E-state index in [1.807, 2.05) is 29.2 Å². The van der Waals surface area contributed by atoms with Gasteiger partial charge in [0.25, 0.3) is 5.91 Å². The molecule has 2 aromatic rings. The van der Waals surface area contributed by atoms with Crippen molar-refractivity contribution in [2.45, 2.75) is 29.9 Å². The molecule has 2 heterocycles. The lowest BCUT2D eigenvalue weighted by molar-refractivity contribution is -0.117. The van der Waals surface area contributed by atoms with Gasteiger partial charge in [0.05, 0.1) is 6.61 Å². The minimum absolute atomic E-state index is 0.0162. The lowest BCUT2D eigenvalue weighted by Crippen LogP contribution is -2.29. The first-order valence-corrected chi connectivity index (χ1v) is 12.1. The second kappa shape index (κ2) is 9.82. The molecule has 1 amide bonds. The van der Waals surface area contributed by atoms with Gasteiger partial charge in [0, 0.05) is 34.3 Å². The summed E-state index contributed by atoms with van der Waals surface area (Å²) in [5, 5.41) is 5.44. The standard InChI is InChI=1S/C25H27NO2S2/c1-17-12-15-29-24(17)21-8-5-6-18-16-19(25(27)26-13-14-28-2)10-11-22(18)30-23-9-4-3-7-20(21)23/h3-4,7-12,15-16,18,22H,5-6,13-14H2,1-2H3,(H,26,27)/b21-8-. The first-order valence-electron chi connectivity index (χ1n) is 10.3. The number of nitrogens with one attached hydrogen (secondary N) is 1. The van der Waals surface area contributed by atoms with Gasteiger partial charge in [-0.25, -0.2) is 0 Å². The van der Waals surface area contributed by atoms with Crippen LogP contribution in [0.2, 0.25) is 0 Å². The summed E-state index contributed by atoms with van der Waals surface area (Å²) in [4.78, 5) is 15.2. The fourth-order valence-electron chi connectivity index (χ4n) is 3.95. The molecule has 1 N–H and O–H groups in total. The fourth-order valence-corrected chi connectivity index (χ4v) is 6.23. The van der Waals surface area contributed by atoms with Crippen LogP contribution < -0.4 is 5.32 Å². The first-order chi connectivity index (χ1) is 14.7. The third-order valence-electron chi connectivity index (χ3n) is 5.53. The maximum atomic E-state index is 12.5. The Bertz CT molecular complexity index is 1000. The molecule has 0 saturated heterocycles. The molecule has 30 heavy (non-hydrogen) atoms. The topological polar surface area (TPSA) is 38.3 Å². The molecule has 0 spiro atoms. The highest BCUT2D eigenvalue weighted by Crippen LogP contribution is 2.43. The molecule has 156 valence electrons. The van der Waals surface area contributed by atoms with E-state index < -0.39 is 0 Å². The van der Waals surface area contributed by atoms with E-state index in [1.165, 1.54) is 26.5 Å². The number of benzene rings is 1. The summed E-state index contributed by atoms with van der Waals surface area (Å²) in [5.41, 5.74) is 4.75. The van der Waals surface area contributed by atoms with Crippen molar-refractivity contribution in [3.63, 3.8) is 0 Å². The molecular formula is C25H27NO2S2. The molecule has 2 aliphatic rings. The molecule has 2 atom stereocenters. The highest BCUT2D eigenvalue weighted by atomic mass is 32.2. The number of methoxy groups -OCH3 is 1. The second-order valence-corrected chi connectivity index (χ2v) is 9.74. The van der Waals surface area contributed by atoms with Crippen molar-refractivity contribution in [3.8, 4) is 0 Å². The number of fused-ring (bicyclic) bond motifs is 2. The molecule has 0 fully saturated rings. The average molecular weight is 438 g/mol. The van der Waals surface area contributed by atoms with Crippen molar-refractivity contribution in [2.75, 3.05) is 20.3 Å². The number of rotatable bonds is 5. The predicted molar refractivity (Wildman–Crippen MR) is 127 cm³/mol. The van der Waals surface area contributed by atoms with Crippen LogP contribution in [-0.2, 0) is 9.53 Å². The Morgan fingerprint density at radius 2 is 2.13 bits per heavy atom. The molecule has 4 rings (SSSR count). The lowest BCUT2D eigenvalue weighted by atomic mass is 9.90. The van der Waals surface area contributed by atoms with Gasteiger partial charge >= 0.3 is 0 Å². The Hall–Kier alpha value is -2.08. The van der Waals surface area contributed by atoms with Crippen molar-refractivity contribution in [1.29, 1.82) is 0 Å². The molecule has 1 aliphatic carbocycles. The van der Waals surface area contributed by atoms with Crippen LogP contribution in [0.4, 0.5) is 0 Å². The van der Waals surface area contributed by atoms with E-state index >= 15 is 0 Å². The summed E-state index contributed by atoms with van der Waals surface area (Å²) in [7, 11) is 1.64. The largest absolute Gasteiger partial charge is 0.383 e. The number of hydrogen-bond acceptors (Lipinski definition) is 4. The summed E-state index contributed by atoms with van der Waals surface area (Å²) in [6, 6.07) is 10.9. The molecule has 1 aromatic carbocycles. The maximum absolute atomic E-state index is 12.5. The van der Waals surface area contributed by atoms with Gasteiger partial charge in [0.2, 0.25) is 0 Å². The number of allylic oxidation sites excluding steroid dienone is 2. The summed E-state index contributed by atoms with van der Waals surface area (Å²) >= 11 is 3.73. The van der Waals surface area contributed by atoms with Crippen LogP contribution in [0.1, 0.15) is 28.8 Å². The number of carbonyl (C=O) groups excluding carboxylic acids is 1. The highest BCUT2D eigenvalue weighted by Gasteiger charge is 2.26. The minimum Gasteiger partial charge on any atom is -0.383 e. The van der Waals surface area contributed by atoms with Gasteiger partial charge in [0.1, 0.15) is 0 Å². The third kappa shape index (κ3) is 4.64. The Balaban J connectivity index is 1.62. The van der Waals surface area contributed by atoms with E-state index in [2.05, 4.69) is 66.2 Å². The maximum Gasteiger partial charge on any atom is 0.251 e. The molecule has 1 aliphatic heterocycles. The minimum atomic E-state index is -0.0162. The molecule has 2 unspecified atom stereocenters. The van der Waals surface area contributed by atoms with Crippen LogP contribution in [0.15, 0.2) is 70.5 Å². The summed E-state index contributed by atoms with van der Waals surface area (Å²) in [6.07, 6.45) is 10.8. The van der Waals surface area contributed by atoms with Crippen LogP contribution in [0, 0.1) is 12.8 Å². The van der Waals surface area contributed by atoms with E-state index in [4.69, 9.17) is 4.74 Å². The molecular weight excluding hydrogens is 410 g/mol. The molecule has 5 heteroatoms. The van der Waals surface area contributed by atoms with Crippen molar-refractivity contribution in [3.05, 3.63) is 81.6 Å². The summed E-state index contributed by atoms with van der Waals surface area (Å²) in [5.74, 6) is 0.314. The zero-order valence-corrected chi connectivity index (χ0v) is 19.0. The number of carbonyl (C=O) groups is 1. The molecule has 0 radical (unpaired) electrons. The monoisotopic (exact) mass is 437 g/mol. The lowest BCUT2D eigenvalue weighted by Gasteiger charge is -2.25. The smallest absolute Gasteiger partial charge is 0.251 e. The van der Waals surface area contributed by atoms with Crippen LogP contribution in [0.25, 0.3) is 5.57 Å². The van der Waals surface area contributed by atoms with E-state index in [0.717, 1.165) is 18.4 Å². The van der Waals surface area contributed by atoms with Crippen LogP contribution in [-0.4, -0.2) is 31.4 Å². The van der Waals surface area contributed by atoms with Crippen LogP contribution in [0.5, 0.6) is 0 Å². The number of aryl methyl sites for hydroxylation is 1. The Labute approximate surface area is 186 Å². The summed E-state index contributed by atoms with van der Waals surface area (Å²) in [6.45, 7) is 3.24. The van der Waals surface area contributed by atoms with Gasteiger partial charge in [-0.15, -0.1) is 23.1 Å². The highest BCUT2D eigenvalue weighted by molar-refractivity contribution is 8.00. The first kappa shape index (κ1) is 21.2. The number of ether oxygens (including phenoxy) is 1. The number of thiophene rings is 1. The second-order valence-electron chi connectivity index (χ2n) is 7.60. The Morgan fingerprint density at radius 1 is 1.27 bits per heavy atom. The molecule has 3 nitrogen and oxygen atoms in total. The number of hydrogen-bond donors (Lipinski definition) is 1. The average Bonchev–Trinajstić information content (AvgIpc) is 3.20. The zero-order valence-electron chi connectivity index (χ0n) is 17.4. The van der Waals surface area contributed by atoms with Crippen LogP contribution in [0.3, 0.4) is 0 Å². The van der Waals surface area contributed by atoms with Gasteiger partial charge in [-0.05, 0) is 59.9 Å². The number of amides is 1. The Morgan fingerprint density at radius 3 is 2.93 bits per heavy atom. The molecule has 0 bridgehead atoms. The van der Waals surface area contributed by atoms with Gasteiger partial charge in [0.15, 0.2) is 0 Å². The number of thioether (sulfide) groups is 1. The van der Waals surface area contributed by atoms with E-state index in [0.29, 0.717) is 24.3 Å². The van der Waals surface area contributed by atoms with Gasteiger partial charge < -0.3 is 10.1 Å². The normalized spacial score (nSPS) is 22.5. The fraction of sp³-hybridized carbons (Fsp3) is 0.320. The van der Waals surface area contributed by atoms with E-state index in [-0.39, 0.29) is 5.91 Å². The Kier molecular flexibility index (Phi) is 6.93. The van der Waals surface area contributed by atoms with Gasteiger partial charge in [-0.3, -0.25) is 4.79 Å². The van der Waals surface area contributed by atoms with Gasteiger partial charge in [-0.2, -0.15) is 0 Å². The van der Waals surface area contributed by atoms with Crippen LogP contribution >= 0.6 is 23.1 Å². The summed E-state index contributed by atoms with van der Waals surface area (Å²) < 4.78 is 5.03. The van der Waals surface area contributed by atoms with Crippen molar-refractivity contribution in [2.24, 2.45) is 5.92 Å². The third-order valence-corrected chi connectivity index (χ3v) is 7.97. The predicted octanol–water partition coefficient (Wildman–Crippen LogP) is 5.62. The van der Waals surface area contributed by atoms with Crippen molar-refractivity contribution >= 4 is 34.6 Å². The van der Waals surface area contributed by atoms with E-state index in [1.54, 1.807) is 7.11 Å². The van der Waals surface area contributed by atoms with E-state index in [9.17, 15) is 4.79 Å². The van der Waals surface area contributed by atoms with Crippen molar-refractivity contribution in [1.82, 2.24) is 5.32 Å². The SMILES string of the molecule is COCCNC(=O)C1=CC2CC/C=C(\c3sccc3C)c3ccccc3SC2C=C1. The molecule has 0 saturated carbocycles. The molecule has 1 aromatic heterocycles. The zero-order chi connectivity index (χ0) is 20.9. The van der Waals surface area contributed by atoms with Gasteiger partial charge in [-0.1, -0.05) is 42.5 Å². The quantitative estimate of drug-likeness (QED) is 0.617.